The third-order valence-corrected chi connectivity index (χ3v) is 12.8. The largest absolute Gasteiger partial charge is 0.462 e. The van der Waals surface area contributed by atoms with Crippen LogP contribution in [0.4, 0.5) is 0 Å². The molecular formula is C61H110O6. The SMILES string of the molecule is CCCCCCC/C=C\C/C=C\C/C=C\CCCCCCCCCCC(=O)OCC(COC(=O)CCCCCCC)OC(=O)CCCCCCCCCCC/C=C\CCCCCCCCCC. The average Bonchev–Trinajstić information content (AvgIpc) is 3.33. The van der Waals surface area contributed by atoms with Crippen LogP contribution in [0, 0.1) is 0 Å². The highest BCUT2D eigenvalue weighted by Gasteiger charge is 2.19. The fourth-order valence-corrected chi connectivity index (χ4v) is 8.39. The van der Waals surface area contributed by atoms with E-state index in [4.69, 9.17) is 14.2 Å². The summed E-state index contributed by atoms with van der Waals surface area (Å²) in [7, 11) is 0. The van der Waals surface area contributed by atoms with Crippen molar-refractivity contribution in [2.45, 2.75) is 309 Å². The van der Waals surface area contributed by atoms with Gasteiger partial charge >= 0.3 is 17.9 Å². The van der Waals surface area contributed by atoms with E-state index in [0.29, 0.717) is 19.3 Å². The summed E-state index contributed by atoms with van der Waals surface area (Å²) in [6.45, 7) is 6.57. The minimum atomic E-state index is -0.773. The monoisotopic (exact) mass is 939 g/mol. The van der Waals surface area contributed by atoms with E-state index in [1.807, 2.05) is 0 Å². The minimum Gasteiger partial charge on any atom is -0.462 e. The van der Waals surface area contributed by atoms with Crippen LogP contribution in [-0.2, 0) is 28.6 Å². The van der Waals surface area contributed by atoms with Crippen LogP contribution in [-0.4, -0.2) is 37.2 Å². The smallest absolute Gasteiger partial charge is 0.306 e. The topological polar surface area (TPSA) is 78.9 Å². The van der Waals surface area contributed by atoms with Crippen molar-refractivity contribution < 1.29 is 28.6 Å². The Bertz CT molecular complexity index is 1170. The Kier molecular flexibility index (Phi) is 53.8. The summed E-state index contributed by atoms with van der Waals surface area (Å²) in [5.41, 5.74) is 0. The Labute approximate surface area is 416 Å². The predicted octanol–water partition coefficient (Wildman–Crippen LogP) is 19.4. The highest BCUT2D eigenvalue weighted by Crippen LogP contribution is 2.16. The number of unbranched alkanes of at least 4 members (excludes halogenated alkanes) is 34. The number of esters is 3. The maximum absolute atomic E-state index is 12.8. The summed E-state index contributed by atoms with van der Waals surface area (Å²) in [4.78, 5) is 37.8. The first-order valence-electron chi connectivity index (χ1n) is 29.1. The second-order valence-corrected chi connectivity index (χ2v) is 19.6. The first kappa shape index (κ1) is 64.4. The van der Waals surface area contributed by atoms with E-state index >= 15 is 0 Å². The molecule has 0 aromatic rings. The van der Waals surface area contributed by atoms with Gasteiger partial charge in [0.1, 0.15) is 13.2 Å². The van der Waals surface area contributed by atoms with Crippen LogP contribution in [0.5, 0.6) is 0 Å². The Balaban J connectivity index is 4.10. The highest BCUT2D eigenvalue weighted by atomic mass is 16.6. The van der Waals surface area contributed by atoms with E-state index in [1.165, 1.54) is 180 Å². The summed E-state index contributed by atoms with van der Waals surface area (Å²) >= 11 is 0. The van der Waals surface area contributed by atoms with E-state index in [9.17, 15) is 14.4 Å². The van der Waals surface area contributed by atoms with Gasteiger partial charge in [-0.05, 0) is 83.5 Å². The fourth-order valence-electron chi connectivity index (χ4n) is 8.39. The lowest BCUT2D eigenvalue weighted by Crippen LogP contribution is -2.30. The van der Waals surface area contributed by atoms with Gasteiger partial charge in [-0.3, -0.25) is 14.4 Å². The lowest BCUT2D eigenvalue weighted by Gasteiger charge is -2.18. The van der Waals surface area contributed by atoms with E-state index in [0.717, 1.165) is 83.5 Å². The molecule has 0 aromatic heterocycles. The molecule has 0 radical (unpaired) electrons. The van der Waals surface area contributed by atoms with Crippen molar-refractivity contribution in [3.8, 4) is 0 Å². The molecule has 0 spiro atoms. The number of allylic oxidation sites excluding steroid dienone is 8. The van der Waals surface area contributed by atoms with E-state index in [2.05, 4.69) is 69.4 Å². The first-order chi connectivity index (χ1) is 33.0. The molecule has 0 saturated carbocycles. The van der Waals surface area contributed by atoms with Gasteiger partial charge in [0.25, 0.3) is 0 Å². The van der Waals surface area contributed by atoms with Crippen molar-refractivity contribution >= 4 is 17.9 Å². The molecule has 0 aliphatic rings. The number of ether oxygens (including phenoxy) is 3. The van der Waals surface area contributed by atoms with Gasteiger partial charge < -0.3 is 14.2 Å². The Morgan fingerprint density at radius 2 is 0.537 bits per heavy atom. The van der Waals surface area contributed by atoms with Crippen LogP contribution in [0.3, 0.4) is 0 Å². The Morgan fingerprint density at radius 3 is 0.851 bits per heavy atom. The lowest BCUT2D eigenvalue weighted by molar-refractivity contribution is -0.167. The Hall–Kier alpha value is -2.63. The second kappa shape index (κ2) is 56.0. The quantitative estimate of drug-likeness (QED) is 0.0262. The summed E-state index contributed by atoms with van der Waals surface area (Å²) < 4.78 is 16.7. The molecule has 0 aromatic carbocycles. The van der Waals surface area contributed by atoms with Crippen LogP contribution in [0.2, 0.25) is 0 Å². The van der Waals surface area contributed by atoms with Crippen LogP contribution >= 0.6 is 0 Å². The van der Waals surface area contributed by atoms with Gasteiger partial charge in [0.05, 0.1) is 0 Å². The van der Waals surface area contributed by atoms with Crippen molar-refractivity contribution in [1.82, 2.24) is 0 Å². The molecule has 1 unspecified atom stereocenters. The fraction of sp³-hybridized carbons (Fsp3) is 0.820. The van der Waals surface area contributed by atoms with E-state index in [1.54, 1.807) is 0 Å². The summed E-state index contributed by atoms with van der Waals surface area (Å²) in [6.07, 6.45) is 68.6. The molecule has 0 amide bonds. The van der Waals surface area contributed by atoms with E-state index in [-0.39, 0.29) is 31.1 Å². The molecule has 6 heteroatoms. The van der Waals surface area contributed by atoms with Crippen molar-refractivity contribution in [2.75, 3.05) is 13.2 Å². The third-order valence-electron chi connectivity index (χ3n) is 12.8. The van der Waals surface area contributed by atoms with Gasteiger partial charge in [-0.25, -0.2) is 0 Å². The number of hydrogen-bond donors (Lipinski definition) is 0. The number of carbonyl (C=O) groups is 3. The van der Waals surface area contributed by atoms with Crippen molar-refractivity contribution in [3.63, 3.8) is 0 Å². The highest BCUT2D eigenvalue weighted by molar-refractivity contribution is 5.71. The maximum atomic E-state index is 12.8. The summed E-state index contributed by atoms with van der Waals surface area (Å²) in [5.74, 6) is -0.888. The number of rotatable bonds is 53. The minimum absolute atomic E-state index is 0.0759. The summed E-state index contributed by atoms with van der Waals surface area (Å²) in [5, 5.41) is 0. The van der Waals surface area contributed by atoms with Gasteiger partial charge in [-0.1, -0.05) is 249 Å². The van der Waals surface area contributed by atoms with Crippen molar-refractivity contribution in [2.24, 2.45) is 0 Å². The molecule has 0 rings (SSSR count). The van der Waals surface area contributed by atoms with Crippen LogP contribution in [0.15, 0.2) is 48.6 Å². The van der Waals surface area contributed by atoms with Gasteiger partial charge in [0.15, 0.2) is 6.10 Å². The second-order valence-electron chi connectivity index (χ2n) is 19.6. The predicted molar refractivity (Wildman–Crippen MR) is 289 cm³/mol. The molecule has 6 nitrogen and oxygen atoms in total. The van der Waals surface area contributed by atoms with Crippen LogP contribution in [0.25, 0.3) is 0 Å². The molecule has 0 bridgehead atoms. The van der Waals surface area contributed by atoms with Gasteiger partial charge in [0.2, 0.25) is 0 Å². The molecular weight excluding hydrogens is 829 g/mol. The molecule has 0 heterocycles. The molecule has 0 aliphatic carbocycles. The van der Waals surface area contributed by atoms with Crippen molar-refractivity contribution in [3.05, 3.63) is 48.6 Å². The lowest BCUT2D eigenvalue weighted by atomic mass is 10.1. The first-order valence-corrected chi connectivity index (χ1v) is 29.1. The van der Waals surface area contributed by atoms with Gasteiger partial charge in [-0.2, -0.15) is 0 Å². The zero-order chi connectivity index (χ0) is 48.6. The molecule has 390 valence electrons. The van der Waals surface area contributed by atoms with Crippen LogP contribution < -0.4 is 0 Å². The number of hydrogen-bond acceptors (Lipinski definition) is 6. The molecule has 0 aliphatic heterocycles. The summed E-state index contributed by atoms with van der Waals surface area (Å²) in [6, 6.07) is 0. The third kappa shape index (κ3) is 54.2. The van der Waals surface area contributed by atoms with Gasteiger partial charge in [-0.15, -0.1) is 0 Å². The van der Waals surface area contributed by atoms with Crippen LogP contribution in [0.1, 0.15) is 303 Å². The Morgan fingerprint density at radius 1 is 0.299 bits per heavy atom. The zero-order valence-corrected chi connectivity index (χ0v) is 44.7. The molecule has 0 fully saturated rings. The van der Waals surface area contributed by atoms with Gasteiger partial charge in [0, 0.05) is 19.3 Å². The molecule has 1 atom stereocenters. The molecule has 67 heavy (non-hydrogen) atoms. The standard InChI is InChI=1S/C61H110O6/c1-4-7-10-13-15-17-19-21-23-25-27-29-30-32-33-35-37-39-41-43-45-48-51-54-60(63)66-57-58(56-65-59(62)53-50-47-12-9-6-3)67-61(64)55-52-49-46-44-42-40-38-36-34-31-28-26-24-22-20-18-16-14-11-8-5-2/h19,21,25-28,30,32,58H,4-18,20,22-24,29,31,33-57H2,1-3H3/b21-19-,27-25-,28-26-,32-30-. The number of carbonyl (C=O) groups excluding carboxylic acids is 3. The average molecular weight is 940 g/mol. The molecule has 0 N–H and O–H groups in total. The zero-order valence-electron chi connectivity index (χ0n) is 44.7. The van der Waals surface area contributed by atoms with Crippen molar-refractivity contribution in [1.29, 1.82) is 0 Å². The maximum Gasteiger partial charge on any atom is 0.306 e. The molecule has 0 saturated heterocycles. The van der Waals surface area contributed by atoms with E-state index < -0.39 is 6.10 Å². The normalized spacial score (nSPS) is 12.3.